The van der Waals surface area contributed by atoms with Gasteiger partial charge >= 0.3 is 6.18 Å². The Hall–Kier alpha value is -11.9. The maximum Gasteiger partial charge on any atom is 0.416 e. The molecule has 12 aromatic rings. The van der Waals surface area contributed by atoms with Crippen LogP contribution >= 0.6 is 34.0 Å². The number of aryl methyl sites for hydroxylation is 1. The number of fused-ring (bicyclic) bond motifs is 3. The summed E-state index contributed by atoms with van der Waals surface area (Å²) in [6.45, 7) is 16.6. The lowest BCUT2D eigenvalue weighted by molar-refractivity contribution is -0.137. The van der Waals surface area contributed by atoms with Crippen molar-refractivity contribution in [3.8, 4) is 51.7 Å². The van der Waals surface area contributed by atoms with Crippen LogP contribution in [0.3, 0.4) is 0 Å². The largest absolute Gasteiger partial charge is 0.497 e. The van der Waals surface area contributed by atoms with E-state index in [0.717, 1.165) is 107 Å². The molecule has 3 N–H and O–H groups in total. The van der Waals surface area contributed by atoms with Gasteiger partial charge in [-0.05, 0) is 169 Å². The number of rotatable bonds is 32. The lowest BCUT2D eigenvalue weighted by Crippen LogP contribution is -2.40. The maximum atomic E-state index is 13.3. The standard InChI is InChI=1S/C32H35N3O5S.C31H33N3O4S.C29H26F3N3O3S/c1-4-25-9-5-22(15-29(25)38-3)13-14-33-32(36)27-20-41-31(34-27)19-35(17-23-6-10-26(37-2)11-7-23)18-24-8-12-28-30(16-24)40-21-39-28;1-31(2,3)33-30(35)26-20-39-29(32-26)18-34(17-24-11-14-27-28(15-24)38-21-37-27)16-22-9-12-25(13-10-22)36-19-23-7-5-4-6-8-23;1-19(22-7-3-2-4-8-22)33-28(36)24-17-39-27(34-24)16-35(14-20-6-5-9-23(12-20)29(30,31)32)15-21-10-11-25-26(13-21)38-18-37-25/h5-12,15-16,20H,4,13-14,17-19,21H2,1-3H3,(H,33,36);4-15,20H,16-19,21H2,1-3H3,(H,33,35);2-13,17,19H,14-16,18H2,1H3,(H,33,36). The highest BCUT2D eigenvalue weighted by Gasteiger charge is 2.31. The molecule has 0 spiro atoms. The van der Waals surface area contributed by atoms with Gasteiger partial charge in [0, 0.05) is 67.5 Å². The smallest absolute Gasteiger partial charge is 0.416 e. The van der Waals surface area contributed by atoms with Crippen molar-refractivity contribution in [2.24, 2.45) is 0 Å². The molecular weight excluding hydrogens is 1580 g/mol. The number of methoxy groups -OCH3 is 2. The molecule has 1 atom stereocenters. The second-order valence-corrected chi connectivity index (χ2v) is 32.5. The summed E-state index contributed by atoms with van der Waals surface area (Å²) in [6.07, 6.45) is -2.79. The summed E-state index contributed by atoms with van der Waals surface area (Å²) >= 11 is 4.34. The van der Waals surface area contributed by atoms with Crippen LogP contribution in [0, 0.1) is 0 Å². The highest BCUT2D eigenvalue weighted by Crippen LogP contribution is 2.38. The molecule has 618 valence electrons. The third-order valence-corrected chi connectivity index (χ3v) is 21.8. The molecule has 15 rings (SSSR count). The number of halogens is 3. The quantitative estimate of drug-likeness (QED) is 0.0357. The van der Waals surface area contributed by atoms with Gasteiger partial charge in [0.25, 0.3) is 17.7 Å². The first-order valence-corrected chi connectivity index (χ1v) is 41.6. The molecule has 0 aliphatic carbocycles. The van der Waals surface area contributed by atoms with Crippen molar-refractivity contribution in [3.05, 3.63) is 316 Å². The number of carbonyl (C=O) groups excluding carboxylic acids is 3. The minimum Gasteiger partial charge on any atom is -0.497 e. The van der Waals surface area contributed by atoms with E-state index in [1.54, 1.807) is 25.7 Å². The van der Waals surface area contributed by atoms with Crippen LogP contribution in [0.25, 0.3) is 0 Å². The van der Waals surface area contributed by atoms with Crippen molar-refractivity contribution in [2.75, 3.05) is 41.1 Å². The summed E-state index contributed by atoms with van der Waals surface area (Å²) in [7, 11) is 3.35. The number of ether oxygens (including phenoxy) is 9. The number of benzene rings is 9. The summed E-state index contributed by atoms with van der Waals surface area (Å²) in [5.74, 6) is 6.30. The second kappa shape index (κ2) is 40.5. The SMILES string of the molecule is CC(C)(C)NC(=O)c1csc(CN(Cc2ccc(OCc3ccccc3)cc2)Cc2ccc3c(c2)OCO3)n1.CC(NC(=O)c1csc(CN(Cc2cccc(C(F)(F)F)c2)Cc2ccc3c(c2)OCO3)n1)c1ccccc1.CCc1ccc(CCNC(=O)c2csc(CN(Cc3ccc(OC)cc3)Cc3ccc4c(c3)OCO4)n2)cc1OC. The van der Waals surface area contributed by atoms with Gasteiger partial charge in [-0.1, -0.05) is 140 Å². The number of alkyl halides is 3. The normalized spacial score (nSPS) is 12.6. The molecule has 0 radical (unpaired) electrons. The van der Waals surface area contributed by atoms with E-state index in [1.807, 2.05) is 165 Å². The number of nitrogens with zero attached hydrogens (tertiary/aromatic N) is 6. The molecule has 0 saturated carbocycles. The van der Waals surface area contributed by atoms with Crippen LogP contribution in [0.4, 0.5) is 13.2 Å². The van der Waals surface area contributed by atoms with Crippen molar-refractivity contribution >= 4 is 51.7 Å². The molecule has 3 amide bonds. The highest BCUT2D eigenvalue weighted by atomic mass is 32.1. The molecule has 3 aliphatic rings. The van der Waals surface area contributed by atoms with Gasteiger partial charge in [-0.25, -0.2) is 15.0 Å². The van der Waals surface area contributed by atoms with Gasteiger partial charge < -0.3 is 58.6 Å². The van der Waals surface area contributed by atoms with Gasteiger partial charge in [0.1, 0.15) is 56.0 Å². The number of aromatic nitrogens is 3. The Morgan fingerprint density at radius 1 is 0.454 bits per heavy atom. The van der Waals surface area contributed by atoms with Crippen LogP contribution < -0.4 is 58.6 Å². The predicted molar refractivity (Wildman–Crippen MR) is 452 cm³/mol. The van der Waals surface area contributed by atoms with Gasteiger partial charge in [-0.15, -0.1) is 34.0 Å². The van der Waals surface area contributed by atoms with Crippen molar-refractivity contribution in [1.29, 1.82) is 0 Å². The number of thiazole rings is 3. The van der Waals surface area contributed by atoms with E-state index in [9.17, 15) is 27.6 Å². The number of hydrogen-bond donors (Lipinski definition) is 3. The molecule has 6 heterocycles. The van der Waals surface area contributed by atoms with Crippen molar-refractivity contribution < 1.29 is 70.2 Å². The van der Waals surface area contributed by atoms with E-state index in [-0.39, 0.29) is 56.2 Å². The fourth-order valence-electron chi connectivity index (χ4n) is 13.4. The summed E-state index contributed by atoms with van der Waals surface area (Å²) in [6, 6.07) is 65.0. The second-order valence-electron chi connectivity index (χ2n) is 29.7. The monoisotopic (exact) mass is 1670 g/mol. The van der Waals surface area contributed by atoms with Crippen LogP contribution in [0.15, 0.2) is 222 Å². The Bertz CT molecular complexity index is 5360. The van der Waals surface area contributed by atoms with Crippen LogP contribution in [0.5, 0.6) is 51.7 Å². The van der Waals surface area contributed by atoms with E-state index >= 15 is 0 Å². The lowest BCUT2D eigenvalue weighted by atomic mass is 10.1. The van der Waals surface area contributed by atoms with E-state index in [4.69, 9.17) is 42.6 Å². The zero-order valence-corrected chi connectivity index (χ0v) is 69.6. The zero-order chi connectivity index (χ0) is 83.3. The first-order chi connectivity index (χ1) is 57.6. The molecule has 0 fully saturated rings. The number of hydrogen-bond acceptors (Lipinski definition) is 21. The molecule has 3 aliphatic heterocycles. The highest BCUT2D eigenvalue weighted by molar-refractivity contribution is 7.10. The topological polar surface area (TPSA) is 219 Å². The molecule has 119 heavy (non-hydrogen) atoms. The Kier molecular flexibility index (Phi) is 29.0. The van der Waals surface area contributed by atoms with Crippen molar-refractivity contribution in [2.45, 2.75) is 131 Å². The fourth-order valence-corrected chi connectivity index (χ4v) is 15.8. The summed E-state index contributed by atoms with van der Waals surface area (Å²) in [4.78, 5) is 58.8. The Labute approximate surface area is 702 Å². The average Bonchev–Trinajstić information content (AvgIpc) is 1.65. The minimum absolute atomic E-state index is 0.152. The summed E-state index contributed by atoms with van der Waals surface area (Å²) in [5.41, 5.74) is 10.6. The van der Waals surface area contributed by atoms with E-state index < -0.39 is 11.7 Å². The van der Waals surface area contributed by atoms with Gasteiger partial charge in [0.2, 0.25) is 20.4 Å². The molecule has 0 bridgehead atoms. The minimum atomic E-state index is -4.42. The zero-order valence-electron chi connectivity index (χ0n) is 67.2. The van der Waals surface area contributed by atoms with Crippen LogP contribution in [0.2, 0.25) is 0 Å². The van der Waals surface area contributed by atoms with E-state index in [0.29, 0.717) is 111 Å². The Morgan fingerprint density at radius 3 is 1.35 bits per heavy atom. The molecule has 27 heteroatoms. The van der Waals surface area contributed by atoms with Crippen molar-refractivity contribution in [1.82, 2.24) is 45.6 Å². The van der Waals surface area contributed by atoms with Gasteiger partial charge in [0.05, 0.1) is 45.5 Å². The lowest BCUT2D eigenvalue weighted by Gasteiger charge is -2.22. The molecule has 21 nitrogen and oxygen atoms in total. The third kappa shape index (κ3) is 24.9. The van der Waals surface area contributed by atoms with E-state index in [2.05, 4.69) is 108 Å². The maximum absolute atomic E-state index is 13.3. The Morgan fingerprint density at radius 2 is 0.882 bits per heavy atom. The van der Waals surface area contributed by atoms with Crippen molar-refractivity contribution in [3.63, 3.8) is 0 Å². The Balaban J connectivity index is 0.000000155. The van der Waals surface area contributed by atoms with Crippen LogP contribution in [-0.4, -0.2) is 94.1 Å². The van der Waals surface area contributed by atoms with Gasteiger partial charge in [0.15, 0.2) is 34.5 Å². The number of carbonyl (C=O) groups is 3. The molecule has 9 aromatic carbocycles. The molecule has 0 saturated heterocycles. The molecule has 3 aromatic heterocycles. The first-order valence-electron chi connectivity index (χ1n) is 38.9. The number of amides is 3. The third-order valence-electron chi connectivity index (χ3n) is 19.3. The summed E-state index contributed by atoms with van der Waals surface area (Å²) < 4.78 is 89.7. The molecule has 1 unspecified atom stereocenters. The van der Waals surface area contributed by atoms with Crippen LogP contribution in [-0.2, 0) is 84.5 Å². The molecular formula is C92H94F3N9O12S3. The van der Waals surface area contributed by atoms with Gasteiger partial charge in [-0.2, -0.15) is 13.2 Å². The van der Waals surface area contributed by atoms with Gasteiger partial charge in [-0.3, -0.25) is 29.1 Å². The van der Waals surface area contributed by atoms with E-state index in [1.165, 1.54) is 51.7 Å². The first kappa shape index (κ1) is 85.0. The average molecular weight is 1670 g/mol. The summed E-state index contributed by atoms with van der Waals surface area (Å²) in [5, 5.41) is 16.8. The van der Waals surface area contributed by atoms with Crippen LogP contribution in [0.1, 0.15) is 148 Å². The number of nitrogens with one attached hydrogen (secondary N) is 3. The fraction of sp³-hybridized carbons (Fsp3) is 0.283. The predicted octanol–water partition coefficient (Wildman–Crippen LogP) is 18.4.